The van der Waals surface area contributed by atoms with E-state index < -0.39 is 0 Å². The van der Waals surface area contributed by atoms with E-state index in [9.17, 15) is 0 Å². The molecule has 4 N–H and O–H groups in total. The number of phenolic OH excluding ortho intramolecular Hbond substituents is 2. The minimum Gasteiger partial charge on any atom is -0.508 e. The quantitative estimate of drug-likeness (QED) is 0.673. The maximum atomic E-state index is 8.91. The Labute approximate surface area is 128 Å². The number of aromatic hydroxyl groups is 2. The molecule has 0 bridgehead atoms. The highest BCUT2D eigenvalue weighted by Crippen LogP contribution is 2.16. The number of hydrogen-bond acceptors (Lipinski definition) is 4. The minimum atomic E-state index is -0.0648. The summed E-state index contributed by atoms with van der Waals surface area (Å²) in [7, 11) is 0. The molecule has 4 nitrogen and oxygen atoms in total. The second-order valence-electron chi connectivity index (χ2n) is 5.28. The first-order chi connectivity index (χ1) is 9.99. The van der Waals surface area contributed by atoms with Crippen LogP contribution in [0.5, 0.6) is 11.5 Å². The molecule has 1 saturated carbocycles. The summed E-state index contributed by atoms with van der Waals surface area (Å²) in [5.41, 5.74) is 0. The standard InChI is InChI=1S/C6H6O2.C6H12O.C5H12O/c7-5-2-1-3-6(8)4-5;7-6-4-2-1-3-5-6;1-3-5(6)4-2/h1-4,7-8H;6-7H,1-5H2;5-6H,3-4H2,1-2H3. The highest BCUT2D eigenvalue weighted by molar-refractivity contribution is 5.30. The molecule has 0 aromatic heterocycles. The molecule has 1 aromatic rings. The molecule has 0 heterocycles. The number of aliphatic hydroxyl groups excluding tert-OH is 2. The summed E-state index contributed by atoms with van der Waals surface area (Å²) in [6.45, 7) is 3.96. The first-order valence-corrected chi connectivity index (χ1v) is 7.83. The lowest BCUT2D eigenvalue weighted by atomic mass is 9.98. The van der Waals surface area contributed by atoms with Crippen LogP contribution in [-0.4, -0.2) is 32.6 Å². The predicted molar refractivity (Wildman–Crippen MR) is 85.5 cm³/mol. The monoisotopic (exact) mass is 298 g/mol. The van der Waals surface area contributed by atoms with Crippen molar-refractivity contribution in [2.45, 2.75) is 71.0 Å². The topological polar surface area (TPSA) is 80.9 Å². The summed E-state index contributed by atoms with van der Waals surface area (Å²) in [4.78, 5) is 0. The van der Waals surface area contributed by atoms with Gasteiger partial charge < -0.3 is 20.4 Å². The zero-order valence-corrected chi connectivity index (χ0v) is 13.2. The third-order valence-electron chi connectivity index (χ3n) is 3.35. The lowest BCUT2D eigenvalue weighted by Crippen LogP contribution is -2.09. The Hall–Kier alpha value is -1.26. The van der Waals surface area contributed by atoms with Gasteiger partial charge in [-0.25, -0.2) is 0 Å². The molecule has 0 spiro atoms. The van der Waals surface area contributed by atoms with Gasteiger partial charge in [-0.3, -0.25) is 0 Å². The van der Waals surface area contributed by atoms with Gasteiger partial charge in [0.2, 0.25) is 0 Å². The molecule has 0 aliphatic heterocycles. The Balaban J connectivity index is 0.000000290. The van der Waals surface area contributed by atoms with E-state index >= 15 is 0 Å². The fraction of sp³-hybridized carbons (Fsp3) is 0.647. The van der Waals surface area contributed by atoms with Crippen molar-refractivity contribution in [3.8, 4) is 11.5 Å². The molecule has 0 unspecified atom stereocenters. The summed E-state index contributed by atoms with van der Waals surface area (Å²) in [6, 6.07) is 5.85. The van der Waals surface area contributed by atoms with E-state index in [-0.39, 0.29) is 23.7 Å². The molecule has 1 aliphatic carbocycles. The van der Waals surface area contributed by atoms with Crippen molar-refractivity contribution in [1.29, 1.82) is 0 Å². The minimum absolute atomic E-state index is 0.0359. The lowest BCUT2D eigenvalue weighted by molar-refractivity contribution is 0.130. The van der Waals surface area contributed by atoms with Gasteiger partial charge in [0.05, 0.1) is 12.2 Å². The molecule has 0 radical (unpaired) electrons. The second-order valence-corrected chi connectivity index (χ2v) is 5.28. The van der Waals surface area contributed by atoms with Gasteiger partial charge in [-0.2, -0.15) is 0 Å². The van der Waals surface area contributed by atoms with Crippen LogP contribution >= 0.6 is 0 Å². The van der Waals surface area contributed by atoms with Crippen LogP contribution in [0.15, 0.2) is 24.3 Å². The average molecular weight is 298 g/mol. The van der Waals surface area contributed by atoms with Gasteiger partial charge in [0.15, 0.2) is 0 Å². The van der Waals surface area contributed by atoms with Crippen LogP contribution in [-0.2, 0) is 0 Å². The number of rotatable bonds is 2. The zero-order chi connectivity index (χ0) is 16.1. The van der Waals surface area contributed by atoms with Gasteiger partial charge in [-0.15, -0.1) is 0 Å². The summed E-state index contributed by atoms with van der Waals surface area (Å²) in [5.74, 6) is 0.176. The number of benzene rings is 1. The van der Waals surface area contributed by atoms with Gasteiger partial charge in [0, 0.05) is 6.07 Å². The van der Waals surface area contributed by atoms with Crippen LogP contribution < -0.4 is 0 Å². The molecule has 21 heavy (non-hydrogen) atoms. The smallest absolute Gasteiger partial charge is 0.119 e. The largest absolute Gasteiger partial charge is 0.508 e. The van der Waals surface area contributed by atoms with Crippen LogP contribution in [0.3, 0.4) is 0 Å². The molecule has 0 atom stereocenters. The molecule has 2 rings (SSSR count). The van der Waals surface area contributed by atoms with Gasteiger partial charge in [-0.1, -0.05) is 39.2 Å². The maximum Gasteiger partial charge on any atom is 0.119 e. The number of hydrogen-bond donors (Lipinski definition) is 4. The summed E-state index contributed by atoms with van der Waals surface area (Å²) >= 11 is 0. The van der Waals surface area contributed by atoms with Crippen LogP contribution in [0.4, 0.5) is 0 Å². The Morgan fingerprint density at radius 3 is 1.67 bits per heavy atom. The van der Waals surface area contributed by atoms with Crippen LogP contribution in [0.25, 0.3) is 0 Å². The summed E-state index contributed by atoms with van der Waals surface area (Å²) in [6.07, 6.45) is 7.63. The van der Waals surface area contributed by atoms with Crippen LogP contribution in [0.2, 0.25) is 0 Å². The Bertz CT molecular complexity index is 327. The normalized spacial score (nSPS) is 14.7. The van der Waals surface area contributed by atoms with E-state index in [1.165, 1.54) is 37.5 Å². The first kappa shape index (κ1) is 19.7. The van der Waals surface area contributed by atoms with Crippen molar-refractivity contribution in [3.63, 3.8) is 0 Å². The van der Waals surface area contributed by atoms with Crippen molar-refractivity contribution in [2.75, 3.05) is 0 Å². The molecular weight excluding hydrogens is 268 g/mol. The molecule has 1 aliphatic rings. The molecule has 4 heteroatoms. The SMILES string of the molecule is CCC(O)CC.OC1CCCCC1.Oc1cccc(O)c1. The van der Waals surface area contributed by atoms with E-state index in [0.29, 0.717) is 0 Å². The predicted octanol–water partition coefficient (Wildman–Crippen LogP) is 3.58. The molecule has 1 aromatic carbocycles. The second kappa shape index (κ2) is 12.5. The van der Waals surface area contributed by atoms with E-state index in [4.69, 9.17) is 20.4 Å². The van der Waals surface area contributed by atoms with Crippen LogP contribution in [0.1, 0.15) is 58.8 Å². The van der Waals surface area contributed by atoms with Crippen molar-refractivity contribution in [1.82, 2.24) is 0 Å². The van der Waals surface area contributed by atoms with Gasteiger partial charge in [0.25, 0.3) is 0 Å². The summed E-state index contributed by atoms with van der Waals surface area (Å²) in [5, 5.41) is 34.9. The third-order valence-corrected chi connectivity index (χ3v) is 3.35. The maximum absolute atomic E-state index is 8.91. The highest BCUT2D eigenvalue weighted by Gasteiger charge is 2.07. The lowest BCUT2D eigenvalue weighted by Gasteiger charge is -2.14. The number of aliphatic hydroxyl groups is 2. The fourth-order valence-electron chi connectivity index (χ4n) is 1.86. The number of phenols is 2. The van der Waals surface area contributed by atoms with Crippen molar-refractivity contribution < 1.29 is 20.4 Å². The molecule has 0 amide bonds. The molecule has 0 saturated heterocycles. The Morgan fingerprint density at radius 2 is 1.48 bits per heavy atom. The van der Waals surface area contributed by atoms with Gasteiger partial charge in [-0.05, 0) is 37.8 Å². The summed E-state index contributed by atoms with van der Waals surface area (Å²) < 4.78 is 0. The van der Waals surface area contributed by atoms with E-state index in [0.717, 1.165) is 25.7 Å². The van der Waals surface area contributed by atoms with Crippen molar-refractivity contribution in [2.24, 2.45) is 0 Å². The van der Waals surface area contributed by atoms with Gasteiger partial charge >= 0.3 is 0 Å². The van der Waals surface area contributed by atoms with E-state index in [1.807, 2.05) is 13.8 Å². The molecular formula is C17H30O4. The highest BCUT2D eigenvalue weighted by atomic mass is 16.3. The van der Waals surface area contributed by atoms with E-state index in [2.05, 4.69) is 0 Å². The van der Waals surface area contributed by atoms with E-state index in [1.54, 1.807) is 6.07 Å². The van der Waals surface area contributed by atoms with Crippen molar-refractivity contribution >= 4 is 0 Å². The third kappa shape index (κ3) is 12.2. The Morgan fingerprint density at radius 1 is 1.00 bits per heavy atom. The molecule has 1 fully saturated rings. The average Bonchev–Trinajstić information content (AvgIpc) is 2.48. The molecule has 122 valence electrons. The fourth-order valence-corrected chi connectivity index (χ4v) is 1.86. The Kier molecular flexibility index (Phi) is 11.7. The van der Waals surface area contributed by atoms with Gasteiger partial charge in [0.1, 0.15) is 11.5 Å². The van der Waals surface area contributed by atoms with Crippen LogP contribution in [0, 0.1) is 0 Å². The van der Waals surface area contributed by atoms with Crippen molar-refractivity contribution in [3.05, 3.63) is 24.3 Å². The zero-order valence-electron chi connectivity index (χ0n) is 13.2. The first-order valence-electron chi connectivity index (χ1n) is 7.83.